The van der Waals surface area contributed by atoms with Crippen molar-refractivity contribution in [1.29, 1.82) is 0 Å². The Hall–Kier alpha value is -2.21. The minimum absolute atomic E-state index is 0.299. The molecule has 0 aliphatic carbocycles. The SMILES string of the molecule is C#CCCCOC(=O)c1cccc2[nH]ccc12. The fraction of sp³-hybridized carbons (Fsp3) is 0.214. The molecule has 0 unspecified atom stereocenters. The van der Waals surface area contributed by atoms with Gasteiger partial charge in [-0.25, -0.2) is 4.79 Å². The minimum Gasteiger partial charge on any atom is -0.462 e. The first-order valence-corrected chi connectivity index (χ1v) is 5.49. The van der Waals surface area contributed by atoms with Crippen molar-refractivity contribution in [3.63, 3.8) is 0 Å². The summed E-state index contributed by atoms with van der Waals surface area (Å²) in [6.45, 7) is 0.365. The molecule has 17 heavy (non-hydrogen) atoms. The second-order valence-corrected chi connectivity index (χ2v) is 3.69. The van der Waals surface area contributed by atoms with Gasteiger partial charge in [-0.3, -0.25) is 0 Å². The van der Waals surface area contributed by atoms with Crippen LogP contribution in [0.1, 0.15) is 23.2 Å². The smallest absolute Gasteiger partial charge is 0.338 e. The summed E-state index contributed by atoms with van der Waals surface area (Å²) < 4.78 is 5.16. The van der Waals surface area contributed by atoms with Crippen molar-refractivity contribution >= 4 is 16.9 Å². The number of hydrogen-bond acceptors (Lipinski definition) is 2. The maximum absolute atomic E-state index is 11.8. The Bertz CT molecular complexity index is 563. The van der Waals surface area contributed by atoms with Gasteiger partial charge in [0.05, 0.1) is 12.2 Å². The first-order valence-electron chi connectivity index (χ1n) is 5.49. The van der Waals surface area contributed by atoms with Crippen molar-refractivity contribution < 1.29 is 9.53 Å². The number of hydrogen-bond donors (Lipinski definition) is 1. The number of ether oxygens (including phenoxy) is 1. The van der Waals surface area contributed by atoms with Crippen LogP contribution in [-0.4, -0.2) is 17.6 Å². The predicted molar refractivity (Wildman–Crippen MR) is 66.6 cm³/mol. The van der Waals surface area contributed by atoms with Crippen molar-refractivity contribution in [1.82, 2.24) is 4.98 Å². The summed E-state index contributed by atoms with van der Waals surface area (Å²) in [6.07, 6.45) is 8.25. The minimum atomic E-state index is -0.299. The Balaban J connectivity index is 2.09. The van der Waals surface area contributed by atoms with E-state index in [2.05, 4.69) is 10.9 Å². The monoisotopic (exact) mass is 227 g/mol. The zero-order valence-electron chi connectivity index (χ0n) is 9.40. The summed E-state index contributed by atoms with van der Waals surface area (Å²) in [6, 6.07) is 7.38. The van der Waals surface area contributed by atoms with Crippen LogP contribution in [0, 0.1) is 12.3 Å². The fourth-order valence-electron chi connectivity index (χ4n) is 1.68. The van der Waals surface area contributed by atoms with Gasteiger partial charge < -0.3 is 9.72 Å². The Labute approximate surface area is 99.8 Å². The Morgan fingerprint density at radius 2 is 2.29 bits per heavy atom. The summed E-state index contributed by atoms with van der Waals surface area (Å²) in [7, 11) is 0. The average Bonchev–Trinajstić information content (AvgIpc) is 2.82. The highest BCUT2D eigenvalue weighted by molar-refractivity contribution is 6.03. The predicted octanol–water partition coefficient (Wildman–Crippen LogP) is 2.74. The van der Waals surface area contributed by atoms with E-state index in [0.29, 0.717) is 25.0 Å². The molecule has 0 saturated heterocycles. The zero-order chi connectivity index (χ0) is 12.1. The Morgan fingerprint density at radius 3 is 3.12 bits per heavy atom. The molecule has 0 aliphatic rings. The van der Waals surface area contributed by atoms with Gasteiger partial charge in [0.15, 0.2) is 0 Å². The van der Waals surface area contributed by atoms with Gasteiger partial charge in [-0.15, -0.1) is 12.3 Å². The lowest BCUT2D eigenvalue weighted by Gasteiger charge is -2.04. The molecule has 3 heteroatoms. The number of H-pyrrole nitrogens is 1. The van der Waals surface area contributed by atoms with Gasteiger partial charge in [-0.1, -0.05) is 6.07 Å². The van der Waals surface area contributed by atoms with Gasteiger partial charge in [0.2, 0.25) is 0 Å². The van der Waals surface area contributed by atoms with Crippen LogP contribution >= 0.6 is 0 Å². The molecule has 0 saturated carbocycles. The molecular formula is C14H13NO2. The van der Waals surface area contributed by atoms with Crippen LogP contribution in [-0.2, 0) is 4.74 Å². The summed E-state index contributed by atoms with van der Waals surface area (Å²) >= 11 is 0. The number of carbonyl (C=O) groups is 1. The van der Waals surface area contributed by atoms with E-state index in [1.165, 1.54) is 0 Å². The number of rotatable bonds is 4. The van der Waals surface area contributed by atoms with E-state index in [1.54, 1.807) is 12.3 Å². The molecule has 2 aromatic rings. The molecule has 1 aromatic heterocycles. The zero-order valence-corrected chi connectivity index (χ0v) is 9.40. The third-order valence-corrected chi connectivity index (χ3v) is 2.51. The second-order valence-electron chi connectivity index (χ2n) is 3.69. The lowest BCUT2D eigenvalue weighted by Crippen LogP contribution is -2.06. The number of fused-ring (bicyclic) bond motifs is 1. The second kappa shape index (κ2) is 5.22. The van der Waals surface area contributed by atoms with Crippen LogP contribution < -0.4 is 0 Å². The molecule has 0 atom stereocenters. The molecule has 2 rings (SSSR count). The van der Waals surface area contributed by atoms with Crippen LogP contribution in [0.2, 0.25) is 0 Å². The van der Waals surface area contributed by atoms with Crippen molar-refractivity contribution in [3.05, 3.63) is 36.0 Å². The van der Waals surface area contributed by atoms with E-state index in [4.69, 9.17) is 11.2 Å². The third-order valence-electron chi connectivity index (χ3n) is 2.51. The van der Waals surface area contributed by atoms with Gasteiger partial charge in [0, 0.05) is 23.5 Å². The number of benzene rings is 1. The lowest BCUT2D eigenvalue weighted by molar-refractivity contribution is 0.0504. The van der Waals surface area contributed by atoms with Crippen molar-refractivity contribution in [2.45, 2.75) is 12.8 Å². The highest BCUT2D eigenvalue weighted by Gasteiger charge is 2.11. The van der Waals surface area contributed by atoms with Crippen molar-refractivity contribution in [2.75, 3.05) is 6.61 Å². The molecule has 0 aliphatic heterocycles. The maximum atomic E-state index is 11.8. The summed E-state index contributed by atoms with van der Waals surface area (Å²) in [4.78, 5) is 14.9. The van der Waals surface area contributed by atoms with E-state index < -0.39 is 0 Å². The standard InChI is InChI=1S/C14H13NO2/c1-2-3-4-10-17-14(16)12-6-5-7-13-11(12)8-9-15-13/h1,5-9,15H,3-4,10H2. The van der Waals surface area contributed by atoms with Gasteiger partial charge in [-0.2, -0.15) is 0 Å². The number of carbonyl (C=O) groups excluding carboxylic acids is 1. The van der Waals surface area contributed by atoms with Crippen molar-refractivity contribution in [2.24, 2.45) is 0 Å². The van der Waals surface area contributed by atoms with E-state index in [9.17, 15) is 4.79 Å². The highest BCUT2D eigenvalue weighted by atomic mass is 16.5. The number of esters is 1. The van der Waals surface area contributed by atoms with Crippen LogP contribution in [0.15, 0.2) is 30.5 Å². The average molecular weight is 227 g/mol. The molecular weight excluding hydrogens is 214 g/mol. The maximum Gasteiger partial charge on any atom is 0.338 e. The molecule has 3 nitrogen and oxygen atoms in total. The molecule has 86 valence electrons. The molecule has 0 amide bonds. The normalized spacial score (nSPS) is 10.1. The number of terminal acetylenes is 1. The number of unbranched alkanes of at least 4 members (excludes halogenated alkanes) is 1. The van der Waals surface area contributed by atoms with Crippen LogP contribution in [0.5, 0.6) is 0 Å². The highest BCUT2D eigenvalue weighted by Crippen LogP contribution is 2.18. The molecule has 1 N–H and O–H groups in total. The van der Waals surface area contributed by atoms with E-state index >= 15 is 0 Å². The van der Waals surface area contributed by atoms with E-state index in [0.717, 1.165) is 10.9 Å². The third kappa shape index (κ3) is 2.48. The first kappa shape index (κ1) is 11.3. The largest absolute Gasteiger partial charge is 0.462 e. The summed E-state index contributed by atoms with van der Waals surface area (Å²) in [5.41, 5.74) is 1.52. The van der Waals surface area contributed by atoms with Crippen molar-refractivity contribution in [3.8, 4) is 12.3 Å². The summed E-state index contributed by atoms with van der Waals surface area (Å²) in [5, 5.41) is 0.884. The summed E-state index contributed by atoms with van der Waals surface area (Å²) in [5.74, 6) is 2.21. The lowest BCUT2D eigenvalue weighted by atomic mass is 10.1. The number of nitrogens with one attached hydrogen (secondary N) is 1. The van der Waals surface area contributed by atoms with E-state index in [-0.39, 0.29) is 5.97 Å². The Morgan fingerprint density at radius 1 is 1.41 bits per heavy atom. The quantitative estimate of drug-likeness (QED) is 0.495. The molecule has 1 aromatic carbocycles. The first-order chi connectivity index (χ1) is 8.33. The molecule has 0 bridgehead atoms. The molecule has 1 heterocycles. The van der Waals surface area contributed by atoms with Gasteiger partial charge in [0.25, 0.3) is 0 Å². The van der Waals surface area contributed by atoms with E-state index in [1.807, 2.05) is 18.2 Å². The Kier molecular flexibility index (Phi) is 3.46. The van der Waals surface area contributed by atoms with Gasteiger partial charge >= 0.3 is 5.97 Å². The fourth-order valence-corrected chi connectivity index (χ4v) is 1.68. The van der Waals surface area contributed by atoms with Crippen LogP contribution in [0.4, 0.5) is 0 Å². The van der Waals surface area contributed by atoms with Crippen LogP contribution in [0.25, 0.3) is 10.9 Å². The number of aromatic amines is 1. The van der Waals surface area contributed by atoms with Gasteiger partial charge in [0.1, 0.15) is 0 Å². The molecule has 0 spiro atoms. The molecule has 0 fully saturated rings. The number of aromatic nitrogens is 1. The molecule has 0 radical (unpaired) electrons. The van der Waals surface area contributed by atoms with Crippen LogP contribution in [0.3, 0.4) is 0 Å². The van der Waals surface area contributed by atoms with Gasteiger partial charge in [-0.05, 0) is 24.6 Å². The topological polar surface area (TPSA) is 42.1 Å².